The second kappa shape index (κ2) is 9.42. The van der Waals surface area contributed by atoms with E-state index in [9.17, 15) is 14.7 Å². The summed E-state index contributed by atoms with van der Waals surface area (Å²) < 4.78 is 4.77. The van der Waals surface area contributed by atoms with Crippen molar-refractivity contribution in [3.63, 3.8) is 0 Å². The van der Waals surface area contributed by atoms with Gasteiger partial charge in [0, 0.05) is 0 Å². The number of hydrogen-bond donors (Lipinski definition) is 2. The molecular formula is C19H27NO4. The molecule has 132 valence electrons. The molecule has 24 heavy (non-hydrogen) atoms. The Morgan fingerprint density at radius 2 is 1.92 bits per heavy atom. The number of nitrogens with one attached hydrogen (secondary N) is 1. The molecule has 0 radical (unpaired) electrons. The third kappa shape index (κ3) is 5.06. The lowest BCUT2D eigenvalue weighted by Crippen LogP contribution is -2.44. The van der Waals surface area contributed by atoms with Crippen molar-refractivity contribution in [1.29, 1.82) is 0 Å². The zero-order valence-corrected chi connectivity index (χ0v) is 14.3. The van der Waals surface area contributed by atoms with Gasteiger partial charge in [-0.15, -0.1) is 0 Å². The van der Waals surface area contributed by atoms with Crippen LogP contribution >= 0.6 is 0 Å². The van der Waals surface area contributed by atoms with Crippen LogP contribution in [0.5, 0.6) is 0 Å². The summed E-state index contributed by atoms with van der Waals surface area (Å²) in [5, 5.41) is 12.5. The molecule has 0 spiro atoms. The van der Waals surface area contributed by atoms with Gasteiger partial charge < -0.3 is 15.2 Å². The molecule has 0 saturated heterocycles. The van der Waals surface area contributed by atoms with Crippen molar-refractivity contribution in [2.45, 2.75) is 51.0 Å². The van der Waals surface area contributed by atoms with E-state index in [1.165, 1.54) is 12.7 Å². The lowest BCUT2D eigenvalue weighted by molar-refractivity contribution is -0.150. The number of aliphatic hydroxyl groups excluding tert-OH is 1. The molecule has 1 aromatic carbocycles. The zero-order chi connectivity index (χ0) is 17.4. The van der Waals surface area contributed by atoms with E-state index in [2.05, 4.69) is 11.4 Å². The summed E-state index contributed by atoms with van der Waals surface area (Å²) >= 11 is 0. The molecular weight excluding hydrogens is 306 g/mol. The van der Waals surface area contributed by atoms with Gasteiger partial charge in [0.1, 0.15) is 5.92 Å². The van der Waals surface area contributed by atoms with E-state index in [0.717, 1.165) is 37.7 Å². The highest BCUT2D eigenvalue weighted by molar-refractivity contribution is 5.97. The zero-order valence-electron chi connectivity index (χ0n) is 14.3. The minimum absolute atomic E-state index is 0.159. The first kappa shape index (κ1) is 18.5. The normalized spacial score (nSPS) is 23.0. The Bertz CT molecular complexity index is 558. The number of hydrogen-bond acceptors (Lipinski definition) is 4. The minimum atomic E-state index is -0.792. The van der Waals surface area contributed by atoms with E-state index in [-0.39, 0.29) is 12.5 Å². The van der Waals surface area contributed by atoms with E-state index < -0.39 is 17.9 Å². The summed E-state index contributed by atoms with van der Waals surface area (Å²) in [6.45, 7) is -0.159. The summed E-state index contributed by atoms with van der Waals surface area (Å²) in [5.74, 6) is -1.64. The Kier molecular flexibility index (Phi) is 7.25. The third-order valence-electron chi connectivity index (χ3n) is 4.64. The molecule has 0 saturated carbocycles. The number of fused-ring (bicyclic) bond motifs is 1. The van der Waals surface area contributed by atoms with Gasteiger partial charge in [0.15, 0.2) is 0 Å². The molecule has 1 heterocycles. The van der Waals surface area contributed by atoms with Crippen LogP contribution in [0.3, 0.4) is 0 Å². The third-order valence-corrected chi connectivity index (χ3v) is 4.64. The molecule has 2 atom stereocenters. The number of esters is 1. The molecule has 0 aliphatic carbocycles. The van der Waals surface area contributed by atoms with Crippen molar-refractivity contribution in [2.24, 2.45) is 5.92 Å². The van der Waals surface area contributed by atoms with Crippen molar-refractivity contribution >= 4 is 11.9 Å². The van der Waals surface area contributed by atoms with Gasteiger partial charge in [-0.1, -0.05) is 43.5 Å². The van der Waals surface area contributed by atoms with Crippen molar-refractivity contribution in [3.05, 3.63) is 35.4 Å². The molecule has 0 fully saturated rings. The molecule has 5 nitrogen and oxygen atoms in total. The number of carbonyl (C=O) groups is 2. The van der Waals surface area contributed by atoms with Crippen molar-refractivity contribution in [2.75, 3.05) is 13.7 Å². The maximum absolute atomic E-state index is 12.5. The molecule has 2 N–H and O–H groups in total. The van der Waals surface area contributed by atoms with E-state index in [4.69, 9.17) is 4.74 Å². The number of methoxy groups -OCH3 is 1. The molecule has 0 aromatic heterocycles. The second-order valence-corrected chi connectivity index (χ2v) is 6.39. The molecule has 1 aliphatic rings. The van der Waals surface area contributed by atoms with Crippen LogP contribution in [0.1, 0.15) is 43.2 Å². The summed E-state index contributed by atoms with van der Waals surface area (Å²) in [7, 11) is 1.30. The van der Waals surface area contributed by atoms with Gasteiger partial charge in [-0.25, -0.2) is 0 Å². The predicted octanol–water partition coefficient (Wildman–Crippen LogP) is 2.00. The average Bonchev–Trinajstić information content (AvgIpc) is 2.61. The summed E-state index contributed by atoms with van der Waals surface area (Å²) in [6, 6.07) is 7.76. The standard InChI is InChI=1S/C19H27NO4/c1-24-19(23)17-11-5-3-2-4-8-14-9-6-7-10-15(14)12-16(13-21)20-18(17)22/h6-7,9-10,16-17,21H,2-5,8,11-13H2,1H3,(H,20,22). The number of aliphatic hydroxyl groups is 1. The van der Waals surface area contributed by atoms with Crippen LogP contribution in [0.2, 0.25) is 0 Å². The van der Waals surface area contributed by atoms with Crippen LogP contribution in [0, 0.1) is 5.92 Å². The van der Waals surface area contributed by atoms with Crippen LogP contribution < -0.4 is 5.32 Å². The highest BCUT2D eigenvalue weighted by Gasteiger charge is 2.29. The molecule has 2 unspecified atom stereocenters. The van der Waals surface area contributed by atoms with Crippen molar-refractivity contribution in [3.8, 4) is 0 Å². The van der Waals surface area contributed by atoms with Gasteiger partial charge in [-0.2, -0.15) is 0 Å². The average molecular weight is 333 g/mol. The van der Waals surface area contributed by atoms with E-state index in [1.807, 2.05) is 18.2 Å². The number of aryl methyl sites for hydroxylation is 1. The highest BCUT2D eigenvalue weighted by atomic mass is 16.5. The maximum Gasteiger partial charge on any atom is 0.318 e. The van der Waals surface area contributed by atoms with Gasteiger partial charge in [0.25, 0.3) is 0 Å². The lowest BCUT2D eigenvalue weighted by Gasteiger charge is -2.21. The lowest BCUT2D eigenvalue weighted by atomic mass is 9.96. The molecule has 1 aromatic rings. The van der Waals surface area contributed by atoms with Crippen LogP contribution in [-0.2, 0) is 27.2 Å². The van der Waals surface area contributed by atoms with E-state index in [0.29, 0.717) is 12.8 Å². The van der Waals surface area contributed by atoms with Crippen molar-refractivity contribution in [1.82, 2.24) is 5.32 Å². The highest BCUT2D eigenvalue weighted by Crippen LogP contribution is 2.19. The molecule has 2 rings (SSSR count). The van der Waals surface area contributed by atoms with Gasteiger partial charge in [-0.3, -0.25) is 9.59 Å². The Morgan fingerprint density at radius 3 is 2.62 bits per heavy atom. The van der Waals surface area contributed by atoms with Gasteiger partial charge in [0.05, 0.1) is 19.8 Å². The fraction of sp³-hybridized carbons (Fsp3) is 0.579. The topological polar surface area (TPSA) is 75.6 Å². The smallest absolute Gasteiger partial charge is 0.318 e. The summed E-state index contributed by atoms with van der Waals surface area (Å²) in [5.41, 5.74) is 2.42. The Hall–Kier alpha value is -1.88. The SMILES string of the molecule is COC(=O)C1CCCCCCc2ccccc2CC(CO)NC1=O. The van der Waals surface area contributed by atoms with Gasteiger partial charge in [-0.05, 0) is 36.8 Å². The van der Waals surface area contributed by atoms with Crippen LogP contribution in [0.15, 0.2) is 24.3 Å². The van der Waals surface area contributed by atoms with Crippen LogP contribution in [0.4, 0.5) is 0 Å². The number of ether oxygens (including phenoxy) is 1. The number of amides is 1. The Balaban J connectivity index is 2.20. The maximum atomic E-state index is 12.5. The molecule has 1 amide bonds. The monoisotopic (exact) mass is 333 g/mol. The van der Waals surface area contributed by atoms with E-state index >= 15 is 0 Å². The first-order chi connectivity index (χ1) is 11.7. The Labute approximate surface area is 143 Å². The minimum Gasteiger partial charge on any atom is -0.468 e. The number of rotatable bonds is 2. The molecule has 1 aliphatic heterocycles. The largest absolute Gasteiger partial charge is 0.468 e. The van der Waals surface area contributed by atoms with Gasteiger partial charge >= 0.3 is 5.97 Å². The summed E-state index contributed by atoms with van der Waals surface area (Å²) in [6.07, 6.45) is 6.03. The van der Waals surface area contributed by atoms with Crippen LogP contribution in [-0.4, -0.2) is 36.7 Å². The first-order valence-corrected chi connectivity index (χ1v) is 8.71. The summed E-state index contributed by atoms with van der Waals surface area (Å²) in [4.78, 5) is 24.4. The van der Waals surface area contributed by atoms with Gasteiger partial charge in [0.2, 0.25) is 5.91 Å². The molecule has 0 bridgehead atoms. The number of carbonyl (C=O) groups excluding carboxylic acids is 2. The number of benzene rings is 1. The van der Waals surface area contributed by atoms with E-state index in [1.54, 1.807) is 0 Å². The fourth-order valence-electron chi connectivity index (χ4n) is 3.24. The van der Waals surface area contributed by atoms with Crippen LogP contribution in [0.25, 0.3) is 0 Å². The first-order valence-electron chi connectivity index (χ1n) is 8.71. The molecule has 5 heteroatoms. The second-order valence-electron chi connectivity index (χ2n) is 6.39. The quantitative estimate of drug-likeness (QED) is 0.641. The fourth-order valence-corrected chi connectivity index (χ4v) is 3.24. The Morgan fingerprint density at radius 1 is 1.21 bits per heavy atom. The predicted molar refractivity (Wildman–Crippen MR) is 91.5 cm³/mol. The van der Waals surface area contributed by atoms with Crippen molar-refractivity contribution < 1.29 is 19.4 Å².